The molecule has 116 valence electrons. The minimum atomic E-state index is -0.892. The van der Waals surface area contributed by atoms with Gasteiger partial charge in [-0.3, -0.25) is 9.59 Å². The lowest BCUT2D eigenvalue weighted by Crippen LogP contribution is -2.33. The number of carboxylic acid groups (broad SMARTS) is 1. The van der Waals surface area contributed by atoms with Crippen molar-refractivity contribution in [1.29, 1.82) is 0 Å². The topological polar surface area (TPSA) is 84.2 Å². The summed E-state index contributed by atoms with van der Waals surface area (Å²) < 4.78 is 1.61. The summed E-state index contributed by atoms with van der Waals surface area (Å²) in [6, 6.07) is 11.1. The normalized spacial score (nSPS) is 11.9. The van der Waals surface area contributed by atoms with E-state index in [2.05, 4.69) is 10.4 Å². The fraction of sp³-hybridized carbons (Fsp3) is 0.312. The maximum Gasteiger partial charge on any atom is 0.308 e. The van der Waals surface area contributed by atoms with E-state index in [-0.39, 0.29) is 18.1 Å². The number of hydrogen-bond donors (Lipinski definition) is 2. The summed E-state index contributed by atoms with van der Waals surface area (Å²) in [5.74, 6) is -1.82. The van der Waals surface area contributed by atoms with Gasteiger partial charge in [-0.05, 0) is 24.6 Å². The number of carbonyl (C=O) groups is 2. The molecule has 1 aromatic carbocycles. The number of nitrogens with one attached hydrogen (secondary N) is 1. The second-order valence-corrected chi connectivity index (χ2v) is 5.01. The number of rotatable bonds is 7. The highest BCUT2D eigenvalue weighted by Gasteiger charge is 2.18. The van der Waals surface area contributed by atoms with Gasteiger partial charge in [0, 0.05) is 12.7 Å². The third kappa shape index (κ3) is 3.94. The first-order valence-corrected chi connectivity index (χ1v) is 7.24. The molecule has 0 radical (unpaired) electrons. The molecule has 0 aliphatic rings. The number of benzene rings is 1. The van der Waals surface area contributed by atoms with E-state index in [9.17, 15) is 9.59 Å². The van der Waals surface area contributed by atoms with Crippen molar-refractivity contribution in [3.05, 3.63) is 48.3 Å². The zero-order valence-corrected chi connectivity index (χ0v) is 12.4. The van der Waals surface area contributed by atoms with Gasteiger partial charge in [0.1, 0.15) is 0 Å². The molecule has 6 nitrogen and oxygen atoms in total. The quantitative estimate of drug-likeness (QED) is 0.820. The lowest BCUT2D eigenvalue weighted by atomic mass is 10.0. The highest BCUT2D eigenvalue weighted by Crippen LogP contribution is 2.08. The fourth-order valence-electron chi connectivity index (χ4n) is 2.14. The van der Waals surface area contributed by atoms with E-state index in [0.29, 0.717) is 6.42 Å². The van der Waals surface area contributed by atoms with E-state index in [4.69, 9.17) is 5.11 Å². The third-order valence-corrected chi connectivity index (χ3v) is 3.34. The predicted octanol–water partition coefficient (Wildman–Crippen LogP) is 2.10. The summed E-state index contributed by atoms with van der Waals surface area (Å²) in [6.45, 7) is 2.03. The molecule has 2 N–H and O–H groups in total. The Kier molecular flexibility index (Phi) is 5.30. The number of carboxylic acids is 1. The number of carbonyl (C=O) groups excluding carboxylic acids is 1. The van der Waals surface area contributed by atoms with Crippen LogP contribution in [0.4, 0.5) is 0 Å². The van der Waals surface area contributed by atoms with Crippen LogP contribution in [0.15, 0.2) is 42.6 Å². The third-order valence-electron chi connectivity index (χ3n) is 3.34. The summed E-state index contributed by atoms with van der Waals surface area (Å²) in [5, 5.41) is 15.9. The van der Waals surface area contributed by atoms with Crippen LogP contribution < -0.4 is 5.32 Å². The Labute approximate surface area is 128 Å². The first kappa shape index (κ1) is 15.8. The number of nitrogens with zero attached hydrogens (tertiary/aromatic N) is 2. The lowest BCUT2D eigenvalue weighted by molar-refractivity contribution is -0.141. The van der Waals surface area contributed by atoms with Crippen molar-refractivity contribution < 1.29 is 14.7 Å². The molecular formula is C16H19N3O3. The van der Waals surface area contributed by atoms with Gasteiger partial charge < -0.3 is 10.4 Å². The maximum absolute atomic E-state index is 12.0. The minimum absolute atomic E-state index is 0.111. The smallest absolute Gasteiger partial charge is 0.308 e. The molecular weight excluding hydrogens is 282 g/mol. The molecule has 0 fully saturated rings. The van der Waals surface area contributed by atoms with Gasteiger partial charge in [0.25, 0.3) is 5.91 Å². The molecule has 0 aliphatic heterocycles. The first-order valence-electron chi connectivity index (χ1n) is 7.24. The molecule has 0 bridgehead atoms. The second kappa shape index (κ2) is 7.40. The molecule has 0 aliphatic carbocycles. The molecule has 1 amide bonds. The van der Waals surface area contributed by atoms with Crippen molar-refractivity contribution in [2.24, 2.45) is 5.92 Å². The van der Waals surface area contributed by atoms with Gasteiger partial charge in [0.2, 0.25) is 0 Å². The van der Waals surface area contributed by atoms with Crippen molar-refractivity contribution >= 4 is 11.9 Å². The molecule has 2 rings (SSSR count). The van der Waals surface area contributed by atoms with Gasteiger partial charge in [-0.15, -0.1) is 0 Å². The molecule has 0 saturated heterocycles. The van der Waals surface area contributed by atoms with Crippen molar-refractivity contribution in [2.45, 2.75) is 19.8 Å². The van der Waals surface area contributed by atoms with Crippen molar-refractivity contribution in [1.82, 2.24) is 15.1 Å². The standard InChI is InChI=1S/C16H19N3O3/c1-2-6-12(16(21)22)11-17-15(20)14-9-10-19(18-14)13-7-4-3-5-8-13/h3-5,7-10,12H,2,6,11H2,1H3,(H,17,20)(H,21,22). The number of para-hydroxylation sites is 1. The van der Waals surface area contributed by atoms with Crippen LogP contribution >= 0.6 is 0 Å². The van der Waals surface area contributed by atoms with E-state index in [1.807, 2.05) is 37.3 Å². The average molecular weight is 301 g/mol. The zero-order valence-electron chi connectivity index (χ0n) is 12.4. The summed E-state index contributed by atoms with van der Waals surface area (Å²) in [5.41, 5.74) is 1.13. The van der Waals surface area contributed by atoms with Crippen LogP contribution in [0.2, 0.25) is 0 Å². The van der Waals surface area contributed by atoms with Crippen LogP contribution in [0.25, 0.3) is 5.69 Å². The maximum atomic E-state index is 12.0. The second-order valence-electron chi connectivity index (χ2n) is 5.01. The molecule has 6 heteroatoms. The Hall–Kier alpha value is -2.63. The van der Waals surface area contributed by atoms with E-state index >= 15 is 0 Å². The Bertz CT molecular complexity index is 637. The monoisotopic (exact) mass is 301 g/mol. The Morgan fingerprint density at radius 2 is 2.00 bits per heavy atom. The van der Waals surface area contributed by atoms with Gasteiger partial charge in [-0.25, -0.2) is 4.68 Å². The first-order chi connectivity index (χ1) is 10.6. The molecule has 1 atom stereocenters. The van der Waals surface area contributed by atoms with Gasteiger partial charge in [0.15, 0.2) is 5.69 Å². The number of amides is 1. The van der Waals surface area contributed by atoms with Crippen LogP contribution in [-0.4, -0.2) is 33.3 Å². The number of aromatic nitrogens is 2. The number of hydrogen-bond acceptors (Lipinski definition) is 3. The minimum Gasteiger partial charge on any atom is -0.481 e. The largest absolute Gasteiger partial charge is 0.481 e. The van der Waals surface area contributed by atoms with E-state index in [1.54, 1.807) is 16.9 Å². The van der Waals surface area contributed by atoms with Crippen molar-refractivity contribution in [2.75, 3.05) is 6.54 Å². The molecule has 22 heavy (non-hydrogen) atoms. The zero-order chi connectivity index (χ0) is 15.9. The van der Waals surface area contributed by atoms with E-state index < -0.39 is 11.9 Å². The van der Waals surface area contributed by atoms with Gasteiger partial charge in [-0.2, -0.15) is 5.10 Å². The molecule has 0 spiro atoms. The van der Waals surface area contributed by atoms with Crippen LogP contribution in [-0.2, 0) is 4.79 Å². The fourth-order valence-corrected chi connectivity index (χ4v) is 2.14. The molecule has 2 aromatic rings. The highest BCUT2D eigenvalue weighted by molar-refractivity contribution is 5.92. The number of aliphatic carboxylic acids is 1. The Morgan fingerprint density at radius 3 is 2.64 bits per heavy atom. The van der Waals surface area contributed by atoms with Crippen LogP contribution in [0.3, 0.4) is 0 Å². The Balaban J connectivity index is 1.99. The van der Waals surface area contributed by atoms with Crippen molar-refractivity contribution in [3.8, 4) is 5.69 Å². The average Bonchev–Trinajstić information content (AvgIpc) is 3.01. The predicted molar refractivity (Wildman–Crippen MR) is 81.9 cm³/mol. The van der Waals surface area contributed by atoms with Gasteiger partial charge in [-0.1, -0.05) is 31.5 Å². The van der Waals surface area contributed by atoms with Crippen LogP contribution in [0.1, 0.15) is 30.3 Å². The highest BCUT2D eigenvalue weighted by atomic mass is 16.4. The van der Waals surface area contributed by atoms with Crippen LogP contribution in [0, 0.1) is 5.92 Å². The summed E-state index contributed by atoms with van der Waals surface area (Å²) in [7, 11) is 0. The molecule has 1 heterocycles. The van der Waals surface area contributed by atoms with Gasteiger partial charge >= 0.3 is 5.97 Å². The molecule has 1 aromatic heterocycles. The Morgan fingerprint density at radius 1 is 1.27 bits per heavy atom. The molecule has 0 saturated carbocycles. The molecule has 1 unspecified atom stereocenters. The summed E-state index contributed by atoms with van der Waals surface area (Å²) in [6.07, 6.45) is 2.99. The van der Waals surface area contributed by atoms with E-state index in [0.717, 1.165) is 12.1 Å². The SMILES string of the molecule is CCCC(CNC(=O)c1ccn(-c2ccccc2)n1)C(=O)O. The van der Waals surface area contributed by atoms with Crippen molar-refractivity contribution in [3.63, 3.8) is 0 Å². The summed E-state index contributed by atoms with van der Waals surface area (Å²) in [4.78, 5) is 23.1. The van der Waals surface area contributed by atoms with Gasteiger partial charge in [0.05, 0.1) is 11.6 Å². The summed E-state index contributed by atoms with van der Waals surface area (Å²) >= 11 is 0. The van der Waals surface area contributed by atoms with E-state index in [1.165, 1.54) is 0 Å². The lowest BCUT2D eigenvalue weighted by Gasteiger charge is -2.11. The van der Waals surface area contributed by atoms with Crippen LogP contribution in [0.5, 0.6) is 0 Å².